The number of carbonyl (C=O) groups excluding carboxylic acids is 1. The number of halogens is 1. The molecule has 1 aromatic heterocycles. The average molecular weight is 382 g/mol. The van der Waals surface area contributed by atoms with Gasteiger partial charge in [-0.3, -0.25) is 9.59 Å². The zero-order valence-electron chi connectivity index (χ0n) is 15.5. The lowest BCUT2D eigenvalue weighted by atomic mass is 9.97. The molecule has 0 bridgehead atoms. The number of hydrogen-bond donors (Lipinski definition) is 0. The second kappa shape index (κ2) is 6.54. The molecule has 1 amide bonds. The van der Waals surface area contributed by atoms with Gasteiger partial charge in [0, 0.05) is 11.6 Å². The third-order valence-corrected chi connectivity index (χ3v) is 5.28. The van der Waals surface area contributed by atoms with E-state index in [1.165, 1.54) is 0 Å². The molecule has 0 saturated carbocycles. The van der Waals surface area contributed by atoms with Gasteiger partial charge in [-0.15, -0.1) is 0 Å². The van der Waals surface area contributed by atoms with Crippen molar-refractivity contribution in [2.75, 3.05) is 6.54 Å². The number of benzene rings is 2. The summed E-state index contributed by atoms with van der Waals surface area (Å²) in [5, 5.41) is 1.11. The van der Waals surface area contributed by atoms with Gasteiger partial charge in [-0.05, 0) is 55.2 Å². The number of rotatable bonds is 3. The van der Waals surface area contributed by atoms with Crippen LogP contribution in [0.1, 0.15) is 52.2 Å². The summed E-state index contributed by atoms with van der Waals surface area (Å²) in [6, 6.07) is 10.6. The zero-order chi connectivity index (χ0) is 19.3. The Morgan fingerprint density at radius 3 is 2.63 bits per heavy atom. The number of carbonyl (C=O) groups is 1. The summed E-state index contributed by atoms with van der Waals surface area (Å²) in [6.45, 7) is 6.38. The minimum absolute atomic E-state index is 0.138. The highest BCUT2D eigenvalue weighted by atomic mass is 35.5. The second-order valence-electron chi connectivity index (χ2n) is 7.09. The highest BCUT2D eigenvalue weighted by Crippen LogP contribution is 2.39. The first kappa shape index (κ1) is 17.8. The van der Waals surface area contributed by atoms with E-state index in [0.717, 1.165) is 23.1 Å². The van der Waals surface area contributed by atoms with Crippen molar-refractivity contribution in [2.24, 2.45) is 0 Å². The van der Waals surface area contributed by atoms with Crippen LogP contribution < -0.4 is 5.43 Å². The summed E-state index contributed by atoms with van der Waals surface area (Å²) in [5.41, 5.74) is 3.40. The van der Waals surface area contributed by atoms with Gasteiger partial charge < -0.3 is 9.32 Å². The van der Waals surface area contributed by atoms with Gasteiger partial charge in [0.25, 0.3) is 5.91 Å². The van der Waals surface area contributed by atoms with Crippen LogP contribution >= 0.6 is 11.6 Å². The smallest absolute Gasteiger partial charge is 0.290 e. The molecule has 0 radical (unpaired) electrons. The number of aryl methyl sites for hydroxylation is 2. The molecule has 5 heteroatoms. The SMILES string of the molecule is CCCN1C(=O)c2oc3cc(C)cc(C)c3c(=O)c2C1c1cccc(Cl)c1. The van der Waals surface area contributed by atoms with Crippen molar-refractivity contribution in [2.45, 2.75) is 33.2 Å². The molecule has 138 valence electrons. The van der Waals surface area contributed by atoms with E-state index in [9.17, 15) is 9.59 Å². The molecule has 0 spiro atoms. The van der Waals surface area contributed by atoms with Crippen LogP contribution in [0, 0.1) is 13.8 Å². The van der Waals surface area contributed by atoms with Crippen LogP contribution in [0.3, 0.4) is 0 Å². The Morgan fingerprint density at radius 1 is 1.15 bits per heavy atom. The highest BCUT2D eigenvalue weighted by Gasteiger charge is 2.42. The Bertz CT molecular complexity index is 1130. The van der Waals surface area contributed by atoms with Crippen LogP contribution in [0.5, 0.6) is 0 Å². The molecule has 1 unspecified atom stereocenters. The minimum atomic E-state index is -0.479. The van der Waals surface area contributed by atoms with E-state index in [1.54, 1.807) is 11.0 Å². The van der Waals surface area contributed by atoms with Crippen LogP contribution in [-0.4, -0.2) is 17.4 Å². The van der Waals surface area contributed by atoms with Crippen molar-refractivity contribution in [1.82, 2.24) is 4.90 Å². The second-order valence-corrected chi connectivity index (χ2v) is 7.52. The monoisotopic (exact) mass is 381 g/mol. The van der Waals surface area contributed by atoms with E-state index in [2.05, 4.69) is 0 Å². The Kier molecular flexibility index (Phi) is 4.31. The van der Waals surface area contributed by atoms with Crippen LogP contribution in [0.2, 0.25) is 5.02 Å². The summed E-state index contributed by atoms with van der Waals surface area (Å²) in [7, 11) is 0. The Labute approximate surface area is 162 Å². The standard InChI is InChI=1S/C22H20ClNO3/c1-4-8-24-19(14-6-5-7-15(23)11-14)18-20(25)17-13(3)9-12(2)10-16(17)27-21(18)22(24)26/h5-7,9-11,19H,4,8H2,1-3H3. The van der Waals surface area contributed by atoms with Crippen LogP contribution in [0.15, 0.2) is 45.6 Å². The van der Waals surface area contributed by atoms with Gasteiger partial charge in [-0.1, -0.05) is 36.7 Å². The van der Waals surface area contributed by atoms with Gasteiger partial charge >= 0.3 is 0 Å². The predicted octanol–water partition coefficient (Wildman–Crippen LogP) is 5.02. The van der Waals surface area contributed by atoms with Crippen LogP contribution in [0.4, 0.5) is 0 Å². The quantitative estimate of drug-likeness (QED) is 0.640. The summed E-state index contributed by atoms with van der Waals surface area (Å²) in [4.78, 5) is 28.2. The van der Waals surface area contributed by atoms with E-state index in [4.69, 9.17) is 16.0 Å². The fourth-order valence-corrected chi connectivity index (χ4v) is 4.21. The Morgan fingerprint density at radius 2 is 1.93 bits per heavy atom. The summed E-state index contributed by atoms with van der Waals surface area (Å²) < 4.78 is 5.99. The number of fused-ring (bicyclic) bond motifs is 2. The Hall–Kier alpha value is -2.59. The number of hydrogen-bond acceptors (Lipinski definition) is 3. The normalized spacial score (nSPS) is 16.2. The molecular formula is C22H20ClNO3. The van der Waals surface area contributed by atoms with Gasteiger partial charge in [0.05, 0.1) is 17.0 Å². The molecular weight excluding hydrogens is 362 g/mol. The molecule has 1 aliphatic rings. The molecule has 0 fully saturated rings. The van der Waals surface area contributed by atoms with Crippen molar-refractivity contribution in [3.05, 3.63) is 79.7 Å². The molecule has 4 rings (SSSR count). The van der Waals surface area contributed by atoms with Gasteiger partial charge in [0.15, 0.2) is 5.43 Å². The summed E-state index contributed by atoms with van der Waals surface area (Å²) in [6.07, 6.45) is 0.780. The average Bonchev–Trinajstić information content (AvgIpc) is 2.88. The van der Waals surface area contributed by atoms with E-state index in [1.807, 2.05) is 51.1 Å². The number of nitrogens with zero attached hydrogens (tertiary/aromatic N) is 1. The van der Waals surface area contributed by atoms with Crippen molar-refractivity contribution in [3.8, 4) is 0 Å². The molecule has 0 N–H and O–H groups in total. The molecule has 2 heterocycles. The van der Waals surface area contributed by atoms with Crippen molar-refractivity contribution in [3.63, 3.8) is 0 Å². The first-order valence-electron chi connectivity index (χ1n) is 9.06. The van der Waals surface area contributed by atoms with Crippen LogP contribution in [0.25, 0.3) is 11.0 Å². The summed E-state index contributed by atoms with van der Waals surface area (Å²) >= 11 is 6.18. The fourth-order valence-electron chi connectivity index (χ4n) is 4.01. The summed E-state index contributed by atoms with van der Waals surface area (Å²) in [5.74, 6) is -0.0917. The van der Waals surface area contributed by atoms with E-state index < -0.39 is 6.04 Å². The molecule has 0 saturated heterocycles. The van der Waals surface area contributed by atoms with Gasteiger partial charge in [0.1, 0.15) is 5.58 Å². The Balaban J connectivity index is 2.06. The maximum atomic E-state index is 13.4. The maximum Gasteiger partial charge on any atom is 0.290 e. The molecule has 0 aliphatic carbocycles. The molecule has 1 aliphatic heterocycles. The van der Waals surface area contributed by atoms with Crippen molar-refractivity contribution in [1.29, 1.82) is 0 Å². The van der Waals surface area contributed by atoms with E-state index in [0.29, 0.717) is 28.1 Å². The third kappa shape index (κ3) is 2.76. The number of amides is 1. The van der Waals surface area contributed by atoms with E-state index in [-0.39, 0.29) is 17.1 Å². The largest absolute Gasteiger partial charge is 0.450 e. The lowest BCUT2D eigenvalue weighted by Gasteiger charge is -2.24. The van der Waals surface area contributed by atoms with Gasteiger partial charge in [0.2, 0.25) is 5.76 Å². The molecule has 1 atom stereocenters. The molecule has 2 aromatic carbocycles. The van der Waals surface area contributed by atoms with E-state index >= 15 is 0 Å². The maximum absolute atomic E-state index is 13.4. The first-order chi connectivity index (χ1) is 12.9. The minimum Gasteiger partial charge on any atom is -0.450 e. The fraction of sp³-hybridized carbons (Fsp3) is 0.273. The highest BCUT2D eigenvalue weighted by molar-refractivity contribution is 6.30. The van der Waals surface area contributed by atoms with Crippen LogP contribution in [-0.2, 0) is 0 Å². The van der Waals surface area contributed by atoms with Crippen molar-refractivity contribution >= 4 is 28.5 Å². The molecule has 27 heavy (non-hydrogen) atoms. The van der Waals surface area contributed by atoms with Gasteiger partial charge in [-0.25, -0.2) is 0 Å². The lowest BCUT2D eigenvalue weighted by molar-refractivity contribution is 0.0728. The lowest BCUT2D eigenvalue weighted by Crippen LogP contribution is -2.30. The van der Waals surface area contributed by atoms with Crippen molar-refractivity contribution < 1.29 is 9.21 Å². The molecule has 3 aromatic rings. The third-order valence-electron chi connectivity index (χ3n) is 5.04. The van der Waals surface area contributed by atoms with Gasteiger partial charge in [-0.2, -0.15) is 0 Å². The zero-order valence-corrected chi connectivity index (χ0v) is 16.3. The molecule has 4 nitrogen and oxygen atoms in total. The predicted molar refractivity (Wildman–Crippen MR) is 107 cm³/mol. The topological polar surface area (TPSA) is 50.5 Å². The first-order valence-corrected chi connectivity index (χ1v) is 9.44.